The molecule has 0 fully saturated rings. The summed E-state index contributed by atoms with van der Waals surface area (Å²) in [7, 11) is 0. The number of aromatic nitrogens is 1. The number of carboxylic acid groups (broad SMARTS) is 1. The molecule has 2 rings (SSSR count). The molecule has 0 unspecified atom stereocenters. The van der Waals surface area contributed by atoms with Gasteiger partial charge in [0.2, 0.25) is 0 Å². The second-order valence-electron chi connectivity index (χ2n) is 4.03. The van der Waals surface area contributed by atoms with Crippen LogP contribution in [-0.4, -0.2) is 35.2 Å². The smallest absolute Gasteiger partial charge is 0.404 e. The summed E-state index contributed by atoms with van der Waals surface area (Å²) in [5.74, 6) is -0.349. The van der Waals surface area contributed by atoms with E-state index in [0.29, 0.717) is 10.7 Å². The summed E-state index contributed by atoms with van der Waals surface area (Å²) in [6, 6.07) is 7.17. The highest BCUT2D eigenvalue weighted by Crippen LogP contribution is 2.29. The molecule has 0 aliphatic rings. The van der Waals surface area contributed by atoms with Crippen molar-refractivity contribution in [1.29, 1.82) is 0 Å². The van der Waals surface area contributed by atoms with Crippen molar-refractivity contribution in [1.82, 2.24) is 15.6 Å². The number of benzene rings is 1. The minimum atomic E-state index is -1.13. The number of amides is 2. The summed E-state index contributed by atoms with van der Waals surface area (Å²) < 4.78 is 0. The van der Waals surface area contributed by atoms with Gasteiger partial charge >= 0.3 is 6.09 Å². The van der Waals surface area contributed by atoms with Crippen molar-refractivity contribution in [2.75, 3.05) is 13.1 Å². The number of nitrogens with zero attached hydrogens (tertiary/aromatic N) is 1. The number of thiazole rings is 1. The van der Waals surface area contributed by atoms with Gasteiger partial charge in [-0.15, -0.1) is 11.3 Å². The van der Waals surface area contributed by atoms with Gasteiger partial charge in [-0.25, -0.2) is 9.78 Å². The molecule has 6 nitrogen and oxygen atoms in total. The number of halogens is 1. The number of hydrogen-bond acceptors (Lipinski definition) is 4. The molecule has 0 aliphatic carbocycles. The first kappa shape index (κ1) is 15.3. The van der Waals surface area contributed by atoms with Crippen molar-refractivity contribution in [3.05, 3.63) is 40.5 Å². The molecule has 1 aromatic carbocycles. The lowest BCUT2D eigenvalue weighted by atomic mass is 10.1. The van der Waals surface area contributed by atoms with Crippen LogP contribution in [0.1, 0.15) is 10.5 Å². The van der Waals surface area contributed by atoms with Crippen molar-refractivity contribution < 1.29 is 14.7 Å². The summed E-state index contributed by atoms with van der Waals surface area (Å²) in [4.78, 5) is 27.1. The van der Waals surface area contributed by atoms with Crippen LogP contribution in [0.25, 0.3) is 10.4 Å². The number of rotatable bonds is 5. The van der Waals surface area contributed by atoms with Crippen LogP contribution in [-0.2, 0) is 0 Å². The number of carbonyl (C=O) groups is 2. The highest BCUT2D eigenvalue weighted by molar-refractivity contribution is 7.13. The van der Waals surface area contributed by atoms with Crippen LogP contribution in [0.2, 0.25) is 5.02 Å². The topological polar surface area (TPSA) is 91.3 Å². The summed E-state index contributed by atoms with van der Waals surface area (Å²) >= 11 is 7.29. The Labute approximate surface area is 129 Å². The first-order valence-electron chi connectivity index (χ1n) is 6.02. The lowest BCUT2D eigenvalue weighted by Crippen LogP contribution is -2.34. The molecule has 2 amide bonds. The third kappa shape index (κ3) is 4.17. The maximum absolute atomic E-state index is 12.1. The monoisotopic (exact) mass is 325 g/mol. The van der Waals surface area contributed by atoms with E-state index in [0.717, 1.165) is 10.4 Å². The van der Waals surface area contributed by atoms with Crippen molar-refractivity contribution in [2.45, 2.75) is 0 Å². The van der Waals surface area contributed by atoms with Crippen molar-refractivity contribution >= 4 is 34.9 Å². The molecule has 21 heavy (non-hydrogen) atoms. The molecule has 1 aromatic heterocycles. The Morgan fingerprint density at radius 1 is 1.29 bits per heavy atom. The first-order valence-corrected chi connectivity index (χ1v) is 7.28. The van der Waals surface area contributed by atoms with Gasteiger partial charge in [-0.3, -0.25) is 4.79 Å². The lowest BCUT2D eigenvalue weighted by Gasteiger charge is -2.05. The zero-order valence-corrected chi connectivity index (χ0v) is 12.4. The van der Waals surface area contributed by atoms with Crippen molar-refractivity contribution in [3.8, 4) is 10.4 Å². The first-order chi connectivity index (χ1) is 10.1. The fraction of sp³-hybridized carbons (Fsp3) is 0.154. The van der Waals surface area contributed by atoms with Gasteiger partial charge in [0.05, 0.1) is 10.4 Å². The van der Waals surface area contributed by atoms with Crippen LogP contribution in [0.3, 0.4) is 0 Å². The molecule has 0 atom stereocenters. The van der Waals surface area contributed by atoms with Gasteiger partial charge in [0.15, 0.2) is 0 Å². The highest BCUT2D eigenvalue weighted by Gasteiger charge is 2.16. The molecule has 8 heteroatoms. The maximum atomic E-state index is 12.1. The van der Waals surface area contributed by atoms with Crippen molar-refractivity contribution in [2.24, 2.45) is 0 Å². The molecule has 110 valence electrons. The van der Waals surface area contributed by atoms with Crippen LogP contribution in [0, 0.1) is 0 Å². The Hall–Kier alpha value is -2.12. The molecule has 0 saturated carbocycles. The van der Waals surface area contributed by atoms with Crippen LogP contribution >= 0.6 is 22.9 Å². The molecule has 0 spiro atoms. The van der Waals surface area contributed by atoms with Crippen molar-refractivity contribution in [3.63, 3.8) is 0 Å². The molecule has 0 aliphatic heterocycles. The van der Waals surface area contributed by atoms with Gasteiger partial charge in [0, 0.05) is 18.1 Å². The fourth-order valence-electron chi connectivity index (χ4n) is 1.67. The number of carbonyl (C=O) groups excluding carboxylic acids is 1. The predicted octanol–water partition coefficient (Wildman–Crippen LogP) is 2.46. The molecule has 2 aromatic rings. The molecular formula is C13H12ClN3O3S. The third-order valence-electron chi connectivity index (χ3n) is 2.56. The molecule has 3 N–H and O–H groups in total. The Bertz CT molecular complexity index is 660. The third-order valence-corrected chi connectivity index (χ3v) is 3.67. The normalized spacial score (nSPS) is 10.1. The number of nitrogens with one attached hydrogen (secondary N) is 2. The average molecular weight is 326 g/mol. The largest absolute Gasteiger partial charge is 0.465 e. The zero-order chi connectivity index (χ0) is 15.2. The minimum absolute atomic E-state index is 0.137. The van der Waals surface area contributed by atoms with E-state index in [4.69, 9.17) is 16.7 Å². The summed E-state index contributed by atoms with van der Waals surface area (Å²) in [5, 5.41) is 13.8. The molecule has 0 bridgehead atoms. The summed E-state index contributed by atoms with van der Waals surface area (Å²) in [6.07, 6.45) is -1.13. The van der Waals surface area contributed by atoms with Gasteiger partial charge in [0.1, 0.15) is 5.69 Å². The van der Waals surface area contributed by atoms with Gasteiger partial charge in [-0.05, 0) is 17.7 Å². The van der Waals surface area contributed by atoms with Crippen LogP contribution in [0.5, 0.6) is 0 Å². The summed E-state index contributed by atoms with van der Waals surface area (Å²) in [6.45, 7) is 0.329. The van der Waals surface area contributed by atoms with Gasteiger partial charge in [0.25, 0.3) is 5.91 Å². The maximum Gasteiger partial charge on any atom is 0.404 e. The Morgan fingerprint density at radius 2 is 2.05 bits per heavy atom. The Balaban J connectivity index is 2.06. The molecule has 1 heterocycles. The molecular weight excluding hydrogens is 314 g/mol. The fourth-order valence-corrected chi connectivity index (χ4v) is 2.65. The molecule has 0 saturated heterocycles. The Kier molecular flexibility index (Phi) is 5.13. The zero-order valence-electron chi connectivity index (χ0n) is 10.8. The van der Waals surface area contributed by atoms with Crippen LogP contribution < -0.4 is 10.6 Å². The van der Waals surface area contributed by atoms with E-state index >= 15 is 0 Å². The second kappa shape index (κ2) is 7.05. The van der Waals surface area contributed by atoms with E-state index in [1.165, 1.54) is 11.3 Å². The van der Waals surface area contributed by atoms with Gasteiger partial charge in [-0.1, -0.05) is 23.7 Å². The van der Waals surface area contributed by atoms with Crippen LogP contribution in [0.15, 0.2) is 29.8 Å². The lowest BCUT2D eigenvalue weighted by molar-refractivity contribution is 0.0949. The van der Waals surface area contributed by atoms with E-state index in [1.807, 2.05) is 6.07 Å². The average Bonchev–Trinajstić information content (AvgIpc) is 2.92. The van der Waals surface area contributed by atoms with E-state index in [1.54, 1.807) is 23.7 Å². The van der Waals surface area contributed by atoms with Gasteiger partial charge in [-0.2, -0.15) is 0 Å². The predicted molar refractivity (Wildman–Crippen MR) is 80.9 cm³/mol. The Morgan fingerprint density at radius 3 is 2.76 bits per heavy atom. The van der Waals surface area contributed by atoms with E-state index in [2.05, 4.69) is 15.6 Å². The highest BCUT2D eigenvalue weighted by atomic mass is 35.5. The minimum Gasteiger partial charge on any atom is -0.465 e. The van der Waals surface area contributed by atoms with Crippen LogP contribution in [0.4, 0.5) is 4.79 Å². The standard InChI is InChI=1S/C13H12ClN3O3S/c14-9-3-1-2-8(6-9)11-10(17-7-21-11)12(18)15-4-5-16-13(19)20/h1-3,6-7,16H,4-5H2,(H,15,18)(H,19,20). The number of hydrogen-bond donors (Lipinski definition) is 3. The second-order valence-corrected chi connectivity index (χ2v) is 5.32. The van der Waals surface area contributed by atoms with E-state index in [9.17, 15) is 9.59 Å². The van der Waals surface area contributed by atoms with E-state index in [-0.39, 0.29) is 19.0 Å². The van der Waals surface area contributed by atoms with Gasteiger partial charge < -0.3 is 15.7 Å². The summed E-state index contributed by atoms with van der Waals surface area (Å²) in [5.41, 5.74) is 2.71. The SMILES string of the molecule is O=C(O)NCCNC(=O)c1ncsc1-c1cccc(Cl)c1. The quantitative estimate of drug-likeness (QED) is 0.736. The van der Waals surface area contributed by atoms with E-state index < -0.39 is 6.09 Å². The molecule has 0 radical (unpaired) electrons.